The second kappa shape index (κ2) is 4.94. The molecule has 0 amide bonds. The first kappa shape index (κ1) is 12.2. The summed E-state index contributed by atoms with van der Waals surface area (Å²) in [4.78, 5) is 16.5. The van der Waals surface area contributed by atoms with E-state index in [0.29, 0.717) is 24.4 Å². The molecule has 0 bridgehead atoms. The van der Waals surface area contributed by atoms with Crippen molar-refractivity contribution in [1.82, 2.24) is 4.98 Å². The molecule has 4 heteroatoms. The number of Topliss-reactive ketones (excluding diaryl/α,β-unsaturated/α-hetero) is 1. The van der Waals surface area contributed by atoms with E-state index in [4.69, 9.17) is 5.73 Å². The molecule has 2 rings (SSSR count). The van der Waals surface area contributed by atoms with Gasteiger partial charge in [-0.15, -0.1) is 11.3 Å². The van der Waals surface area contributed by atoms with Gasteiger partial charge in [0.15, 0.2) is 5.78 Å². The molecule has 0 spiro atoms. The maximum Gasteiger partial charge on any atom is 0.166 e. The molecule has 1 heterocycles. The number of nitrogens with zero attached hydrogens (tertiary/aromatic N) is 1. The Bertz CT molecular complexity index is 545. The summed E-state index contributed by atoms with van der Waals surface area (Å²) >= 11 is 1.66. The van der Waals surface area contributed by atoms with Crippen molar-refractivity contribution in [1.29, 1.82) is 0 Å². The monoisotopic (exact) mass is 248 g/mol. The van der Waals surface area contributed by atoms with Crippen LogP contribution in [0, 0.1) is 0 Å². The van der Waals surface area contributed by atoms with Crippen LogP contribution in [0.5, 0.6) is 0 Å². The fourth-order valence-corrected chi connectivity index (χ4v) is 2.70. The number of ketones is 1. The molecule has 1 aromatic heterocycles. The maximum atomic E-state index is 11.9. The van der Waals surface area contributed by atoms with Crippen LogP contribution in [0.2, 0.25) is 0 Å². The predicted octanol–water partition coefficient (Wildman–Crippen LogP) is 2.95. The van der Waals surface area contributed by atoms with Crippen molar-refractivity contribution >= 4 is 27.3 Å². The number of rotatable bonds is 4. The Morgan fingerprint density at radius 1 is 1.47 bits per heavy atom. The number of para-hydroxylation sites is 1. The molecular formula is C13H16N2OS. The molecule has 3 nitrogen and oxygen atoms in total. The van der Waals surface area contributed by atoms with Gasteiger partial charge in [0, 0.05) is 17.9 Å². The molecule has 0 aliphatic carbocycles. The summed E-state index contributed by atoms with van der Waals surface area (Å²) in [6, 6.07) is 5.76. The molecule has 0 unspecified atom stereocenters. The number of carbonyl (C=O) groups excluding carboxylic acids is 1. The number of nitrogens with two attached hydrogens (primary N) is 1. The third-order valence-electron chi connectivity index (χ3n) is 2.60. The number of fused-ring (bicyclic) bond motifs is 1. The molecule has 17 heavy (non-hydrogen) atoms. The SMILES string of the molecule is CC(C)c1nc2c(C(=O)CCN)cccc2s1. The summed E-state index contributed by atoms with van der Waals surface area (Å²) in [5, 5.41) is 1.08. The molecule has 0 atom stereocenters. The fraction of sp³-hybridized carbons (Fsp3) is 0.385. The van der Waals surface area contributed by atoms with Gasteiger partial charge in [-0.25, -0.2) is 4.98 Å². The van der Waals surface area contributed by atoms with Crippen molar-refractivity contribution in [2.24, 2.45) is 5.73 Å². The molecule has 2 N–H and O–H groups in total. The number of thiazole rings is 1. The minimum atomic E-state index is 0.0821. The van der Waals surface area contributed by atoms with Crippen LogP contribution in [0.4, 0.5) is 0 Å². The average molecular weight is 248 g/mol. The Labute approximate surface area is 105 Å². The highest BCUT2D eigenvalue weighted by Gasteiger charge is 2.14. The van der Waals surface area contributed by atoms with Crippen molar-refractivity contribution in [2.45, 2.75) is 26.2 Å². The van der Waals surface area contributed by atoms with Gasteiger partial charge in [-0.05, 0) is 18.7 Å². The van der Waals surface area contributed by atoms with E-state index in [1.807, 2.05) is 18.2 Å². The number of benzene rings is 1. The minimum absolute atomic E-state index is 0.0821. The third-order valence-corrected chi connectivity index (χ3v) is 3.92. The zero-order valence-electron chi connectivity index (χ0n) is 10.1. The summed E-state index contributed by atoms with van der Waals surface area (Å²) in [6.45, 7) is 4.61. The van der Waals surface area contributed by atoms with Crippen molar-refractivity contribution in [3.8, 4) is 0 Å². The number of hydrogen-bond acceptors (Lipinski definition) is 4. The van der Waals surface area contributed by atoms with Gasteiger partial charge >= 0.3 is 0 Å². The highest BCUT2D eigenvalue weighted by atomic mass is 32.1. The van der Waals surface area contributed by atoms with Gasteiger partial charge in [-0.2, -0.15) is 0 Å². The van der Waals surface area contributed by atoms with Crippen LogP contribution in [0.25, 0.3) is 10.2 Å². The van der Waals surface area contributed by atoms with Crippen LogP contribution in [-0.4, -0.2) is 17.3 Å². The van der Waals surface area contributed by atoms with E-state index in [-0.39, 0.29) is 5.78 Å². The number of aromatic nitrogens is 1. The van der Waals surface area contributed by atoms with Crippen LogP contribution < -0.4 is 5.73 Å². The van der Waals surface area contributed by atoms with Crippen LogP contribution in [0.15, 0.2) is 18.2 Å². The van der Waals surface area contributed by atoms with E-state index in [0.717, 1.165) is 15.2 Å². The number of hydrogen-bond donors (Lipinski definition) is 1. The second-order valence-corrected chi connectivity index (χ2v) is 5.38. The largest absolute Gasteiger partial charge is 0.330 e. The molecule has 0 fully saturated rings. The van der Waals surface area contributed by atoms with E-state index in [9.17, 15) is 4.79 Å². The van der Waals surface area contributed by atoms with Crippen LogP contribution in [-0.2, 0) is 0 Å². The highest BCUT2D eigenvalue weighted by molar-refractivity contribution is 7.18. The van der Waals surface area contributed by atoms with Crippen molar-refractivity contribution in [3.05, 3.63) is 28.8 Å². The lowest BCUT2D eigenvalue weighted by molar-refractivity contribution is 0.0987. The third kappa shape index (κ3) is 2.37. The summed E-state index contributed by atoms with van der Waals surface area (Å²) < 4.78 is 1.08. The summed E-state index contributed by atoms with van der Waals surface area (Å²) in [6.07, 6.45) is 0.383. The average Bonchev–Trinajstić information content (AvgIpc) is 2.72. The second-order valence-electron chi connectivity index (χ2n) is 4.32. The quantitative estimate of drug-likeness (QED) is 0.846. The Kier molecular flexibility index (Phi) is 3.54. The first-order valence-corrected chi connectivity index (χ1v) is 6.58. The van der Waals surface area contributed by atoms with E-state index >= 15 is 0 Å². The zero-order chi connectivity index (χ0) is 12.4. The summed E-state index contributed by atoms with van der Waals surface area (Å²) in [7, 11) is 0. The van der Waals surface area contributed by atoms with E-state index in [2.05, 4.69) is 18.8 Å². The molecule has 0 saturated carbocycles. The van der Waals surface area contributed by atoms with Crippen molar-refractivity contribution < 1.29 is 4.79 Å². The molecule has 0 saturated heterocycles. The standard InChI is InChI=1S/C13H16N2OS/c1-8(2)13-15-12-9(10(16)6-7-14)4-3-5-11(12)17-13/h3-5,8H,6-7,14H2,1-2H3. The van der Waals surface area contributed by atoms with E-state index < -0.39 is 0 Å². The maximum absolute atomic E-state index is 11.9. The lowest BCUT2D eigenvalue weighted by Crippen LogP contribution is -2.08. The van der Waals surface area contributed by atoms with Gasteiger partial charge in [0.2, 0.25) is 0 Å². The van der Waals surface area contributed by atoms with Crippen LogP contribution in [0.3, 0.4) is 0 Å². The van der Waals surface area contributed by atoms with E-state index in [1.165, 1.54) is 0 Å². The van der Waals surface area contributed by atoms with Crippen molar-refractivity contribution in [3.63, 3.8) is 0 Å². The van der Waals surface area contributed by atoms with Gasteiger partial charge in [0.05, 0.1) is 15.2 Å². The highest BCUT2D eigenvalue weighted by Crippen LogP contribution is 2.29. The molecule has 0 radical (unpaired) electrons. The first-order chi connectivity index (χ1) is 8.13. The Morgan fingerprint density at radius 3 is 2.88 bits per heavy atom. The summed E-state index contributed by atoms with van der Waals surface area (Å²) in [5.41, 5.74) is 6.96. The number of carbonyl (C=O) groups is 1. The first-order valence-electron chi connectivity index (χ1n) is 5.76. The van der Waals surface area contributed by atoms with Gasteiger partial charge in [0.25, 0.3) is 0 Å². The Hall–Kier alpha value is -1.26. The van der Waals surface area contributed by atoms with E-state index in [1.54, 1.807) is 11.3 Å². The smallest absolute Gasteiger partial charge is 0.166 e. The van der Waals surface area contributed by atoms with Crippen molar-refractivity contribution in [2.75, 3.05) is 6.54 Å². The Balaban J connectivity index is 2.53. The van der Waals surface area contributed by atoms with Gasteiger partial charge in [-0.1, -0.05) is 19.9 Å². The minimum Gasteiger partial charge on any atom is -0.330 e. The van der Waals surface area contributed by atoms with Crippen LogP contribution >= 0.6 is 11.3 Å². The molecule has 2 aromatic rings. The molecular weight excluding hydrogens is 232 g/mol. The topological polar surface area (TPSA) is 56.0 Å². The molecule has 0 aliphatic rings. The molecule has 90 valence electrons. The zero-order valence-corrected chi connectivity index (χ0v) is 10.9. The normalized spacial score (nSPS) is 11.3. The van der Waals surface area contributed by atoms with Gasteiger partial charge < -0.3 is 5.73 Å². The lowest BCUT2D eigenvalue weighted by Gasteiger charge is -1.99. The molecule has 0 aliphatic heterocycles. The fourth-order valence-electron chi connectivity index (χ4n) is 1.70. The van der Waals surface area contributed by atoms with Gasteiger partial charge in [0.1, 0.15) is 0 Å². The summed E-state index contributed by atoms with van der Waals surface area (Å²) in [5.74, 6) is 0.476. The van der Waals surface area contributed by atoms with Crippen LogP contribution in [0.1, 0.15) is 41.6 Å². The predicted molar refractivity (Wildman–Crippen MR) is 71.7 cm³/mol. The Morgan fingerprint density at radius 2 is 2.24 bits per heavy atom. The molecule has 1 aromatic carbocycles. The van der Waals surface area contributed by atoms with Gasteiger partial charge in [-0.3, -0.25) is 4.79 Å². The lowest BCUT2D eigenvalue weighted by atomic mass is 10.1.